The van der Waals surface area contributed by atoms with Gasteiger partial charge in [0.2, 0.25) is 11.8 Å². The summed E-state index contributed by atoms with van der Waals surface area (Å²) >= 11 is 0. The Hall–Kier alpha value is -2.08. The first-order chi connectivity index (χ1) is 10.9. The van der Waals surface area contributed by atoms with Crippen LogP contribution in [0.3, 0.4) is 0 Å². The van der Waals surface area contributed by atoms with Crippen molar-refractivity contribution in [3.63, 3.8) is 0 Å². The Morgan fingerprint density at radius 2 is 1.91 bits per heavy atom. The molecule has 2 N–H and O–H groups in total. The zero-order valence-electron chi connectivity index (χ0n) is 14.4. The van der Waals surface area contributed by atoms with Crippen molar-refractivity contribution in [1.29, 1.82) is 0 Å². The molecule has 0 aliphatic heterocycles. The summed E-state index contributed by atoms with van der Waals surface area (Å²) in [6, 6.07) is 7.15. The van der Waals surface area contributed by atoms with Crippen LogP contribution in [0.1, 0.15) is 20.3 Å². The largest absolute Gasteiger partial charge is 0.497 e. The van der Waals surface area contributed by atoms with Gasteiger partial charge in [0.1, 0.15) is 5.75 Å². The van der Waals surface area contributed by atoms with Gasteiger partial charge in [0, 0.05) is 18.3 Å². The second kappa shape index (κ2) is 9.84. The van der Waals surface area contributed by atoms with Gasteiger partial charge in [0.05, 0.1) is 20.2 Å². The SMILES string of the molecule is COc1cccc(NC(=O)CN(C)CC(=O)NCCC(C)C)c1. The van der Waals surface area contributed by atoms with Crippen molar-refractivity contribution in [2.24, 2.45) is 5.92 Å². The molecule has 6 nitrogen and oxygen atoms in total. The number of methoxy groups -OCH3 is 1. The first-order valence-electron chi connectivity index (χ1n) is 7.80. The molecule has 0 radical (unpaired) electrons. The van der Waals surface area contributed by atoms with E-state index < -0.39 is 0 Å². The summed E-state index contributed by atoms with van der Waals surface area (Å²) in [6.07, 6.45) is 0.950. The molecule has 0 spiro atoms. The molecular formula is C17H27N3O3. The van der Waals surface area contributed by atoms with Crippen LogP contribution in [0.5, 0.6) is 5.75 Å². The molecule has 128 valence electrons. The van der Waals surface area contributed by atoms with E-state index in [1.54, 1.807) is 37.3 Å². The Morgan fingerprint density at radius 3 is 2.57 bits per heavy atom. The number of hydrogen-bond acceptors (Lipinski definition) is 4. The lowest BCUT2D eigenvalue weighted by molar-refractivity contribution is -0.122. The third-order valence-corrected chi connectivity index (χ3v) is 3.22. The topological polar surface area (TPSA) is 70.7 Å². The second-order valence-corrected chi connectivity index (χ2v) is 5.98. The van der Waals surface area contributed by atoms with E-state index >= 15 is 0 Å². The predicted molar refractivity (Wildman–Crippen MR) is 91.6 cm³/mol. The van der Waals surface area contributed by atoms with Crippen molar-refractivity contribution in [3.05, 3.63) is 24.3 Å². The molecule has 0 aliphatic rings. The van der Waals surface area contributed by atoms with Crippen LogP contribution in [0.25, 0.3) is 0 Å². The summed E-state index contributed by atoms with van der Waals surface area (Å²) in [6.45, 7) is 5.24. The van der Waals surface area contributed by atoms with E-state index in [4.69, 9.17) is 4.74 Å². The molecule has 0 aliphatic carbocycles. The highest BCUT2D eigenvalue weighted by Gasteiger charge is 2.11. The van der Waals surface area contributed by atoms with Gasteiger partial charge in [-0.3, -0.25) is 14.5 Å². The Balaban J connectivity index is 2.34. The molecule has 23 heavy (non-hydrogen) atoms. The zero-order valence-corrected chi connectivity index (χ0v) is 14.4. The van der Waals surface area contributed by atoms with Crippen LogP contribution >= 0.6 is 0 Å². The minimum Gasteiger partial charge on any atom is -0.497 e. The number of carbonyl (C=O) groups is 2. The van der Waals surface area contributed by atoms with Crippen molar-refractivity contribution >= 4 is 17.5 Å². The predicted octanol–water partition coefficient (Wildman–Crippen LogP) is 1.73. The molecule has 1 aromatic carbocycles. The number of nitrogens with one attached hydrogen (secondary N) is 2. The quantitative estimate of drug-likeness (QED) is 0.727. The maximum Gasteiger partial charge on any atom is 0.238 e. The molecule has 0 atom stereocenters. The lowest BCUT2D eigenvalue weighted by atomic mass is 10.1. The third kappa shape index (κ3) is 8.21. The monoisotopic (exact) mass is 321 g/mol. The summed E-state index contributed by atoms with van der Waals surface area (Å²) in [5.74, 6) is 1.00. The van der Waals surface area contributed by atoms with Crippen molar-refractivity contribution in [3.8, 4) is 5.75 Å². The molecule has 0 fully saturated rings. The smallest absolute Gasteiger partial charge is 0.238 e. The highest BCUT2D eigenvalue weighted by Crippen LogP contribution is 2.16. The Bertz CT molecular complexity index is 518. The van der Waals surface area contributed by atoms with Gasteiger partial charge in [-0.05, 0) is 31.5 Å². The maximum absolute atomic E-state index is 12.0. The number of anilines is 1. The third-order valence-electron chi connectivity index (χ3n) is 3.22. The van der Waals surface area contributed by atoms with Gasteiger partial charge >= 0.3 is 0 Å². The normalized spacial score (nSPS) is 10.7. The average Bonchev–Trinajstić information content (AvgIpc) is 2.46. The fourth-order valence-corrected chi connectivity index (χ4v) is 2.00. The number of amides is 2. The molecule has 0 unspecified atom stereocenters. The highest BCUT2D eigenvalue weighted by atomic mass is 16.5. The maximum atomic E-state index is 12.0. The number of nitrogens with zero attached hydrogens (tertiary/aromatic N) is 1. The van der Waals surface area contributed by atoms with Crippen LogP contribution in [0.4, 0.5) is 5.69 Å². The average molecular weight is 321 g/mol. The number of carbonyl (C=O) groups excluding carboxylic acids is 2. The summed E-state index contributed by atoms with van der Waals surface area (Å²) in [4.78, 5) is 25.4. The van der Waals surface area contributed by atoms with Crippen LogP contribution in [0.15, 0.2) is 24.3 Å². The first kappa shape index (κ1) is 19.0. The lowest BCUT2D eigenvalue weighted by Crippen LogP contribution is -2.39. The van der Waals surface area contributed by atoms with E-state index in [0.717, 1.165) is 6.42 Å². The van der Waals surface area contributed by atoms with Crippen LogP contribution in [0.2, 0.25) is 0 Å². The van der Waals surface area contributed by atoms with Gasteiger partial charge in [0.25, 0.3) is 0 Å². The molecule has 0 bridgehead atoms. The van der Waals surface area contributed by atoms with E-state index in [1.165, 1.54) is 0 Å². The van der Waals surface area contributed by atoms with Gasteiger partial charge < -0.3 is 15.4 Å². The fraction of sp³-hybridized carbons (Fsp3) is 0.529. The first-order valence-corrected chi connectivity index (χ1v) is 7.80. The fourth-order valence-electron chi connectivity index (χ4n) is 2.00. The number of likely N-dealkylation sites (N-methyl/N-ethyl adjacent to an activating group) is 1. The Kier molecular flexibility index (Phi) is 8.11. The van der Waals surface area contributed by atoms with Crippen LogP contribution in [0, 0.1) is 5.92 Å². The van der Waals surface area contributed by atoms with E-state index in [2.05, 4.69) is 24.5 Å². The van der Waals surface area contributed by atoms with Gasteiger partial charge in [-0.15, -0.1) is 0 Å². The molecule has 2 amide bonds. The van der Waals surface area contributed by atoms with Crippen LogP contribution < -0.4 is 15.4 Å². The van der Waals surface area contributed by atoms with Crippen LogP contribution in [-0.2, 0) is 9.59 Å². The summed E-state index contributed by atoms with van der Waals surface area (Å²) < 4.78 is 5.11. The highest BCUT2D eigenvalue weighted by molar-refractivity contribution is 5.92. The van der Waals surface area contributed by atoms with Crippen molar-refractivity contribution in [1.82, 2.24) is 10.2 Å². The number of benzene rings is 1. The van der Waals surface area contributed by atoms with E-state index in [1.807, 2.05) is 6.07 Å². The minimum atomic E-state index is -0.171. The molecule has 1 rings (SSSR count). The van der Waals surface area contributed by atoms with Crippen LogP contribution in [-0.4, -0.2) is 50.5 Å². The van der Waals surface area contributed by atoms with Crippen molar-refractivity contribution in [2.75, 3.05) is 39.1 Å². The Morgan fingerprint density at radius 1 is 1.22 bits per heavy atom. The molecule has 6 heteroatoms. The van der Waals surface area contributed by atoms with Gasteiger partial charge in [0.15, 0.2) is 0 Å². The molecule has 0 saturated heterocycles. The molecule has 0 heterocycles. The summed E-state index contributed by atoms with van der Waals surface area (Å²) in [7, 11) is 3.32. The van der Waals surface area contributed by atoms with Crippen molar-refractivity contribution in [2.45, 2.75) is 20.3 Å². The van der Waals surface area contributed by atoms with Gasteiger partial charge in [-0.1, -0.05) is 19.9 Å². The number of ether oxygens (including phenoxy) is 1. The second-order valence-electron chi connectivity index (χ2n) is 5.98. The van der Waals surface area contributed by atoms with Gasteiger partial charge in [-0.2, -0.15) is 0 Å². The molecule has 0 aromatic heterocycles. The molecular weight excluding hydrogens is 294 g/mol. The Labute approximate surface area is 138 Å². The number of hydrogen-bond donors (Lipinski definition) is 2. The molecule has 0 saturated carbocycles. The lowest BCUT2D eigenvalue weighted by Gasteiger charge is -2.16. The standard InChI is InChI=1S/C17H27N3O3/c1-13(2)8-9-18-16(21)11-20(3)12-17(22)19-14-6-5-7-15(10-14)23-4/h5-7,10,13H,8-9,11-12H2,1-4H3,(H,18,21)(H,19,22). The minimum absolute atomic E-state index is 0.0673. The van der Waals surface area contributed by atoms with Gasteiger partial charge in [-0.25, -0.2) is 0 Å². The summed E-state index contributed by atoms with van der Waals surface area (Å²) in [5.41, 5.74) is 0.670. The molecule has 1 aromatic rings. The summed E-state index contributed by atoms with van der Waals surface area (Å²) in [5, 5.41) is 5.64. The van der Waals surface area contributed by atoms with E-state index in [9.17, 15) is 9.59 Å². The van der Waals surface area contributed by atoms with E-state index in [-0.39, 0.29) is 24.9 Å². The van der Waals surface area contributed by atoms with Crippen molar-refractivity contribution < 1.29 is 14.3 Å². The number of rotatable bonds is 9. The van der Waals surface area contributed by atoms with E-state index in [0.29, 0.717) is 23.9 Å². The zero-order chi connectivity index (χ0) is 17.2.